The fourth-order valence-electron chi connectivity index (χ4n) is 3.23. The highest BCUT2D eigenvalue weighted by atomic mass is 16.2. The predicted molar refractivity (Wildman–Crippen MR) is 87.9 cm³/mol. The maximum absolute atomic E-state index is 12.7. The molecule has 0 spiro atoms. The number of nitrogens with one attached hydrogen (secondary N) is 2. The van der Waals surface area contributed by atoms with Crippen molar-refractivity contribution in [3.8, 4) is 0 Å². The Balaban J connectivity index is 1.76. The predicted octanol–water partition coefficient (Wildman–Crippen LogP) is 0.653. The zero-order valence-corrected chi connectivity index (χ0v) is 13.6. The van der Waals surface area contributed by atoms with Crippen LogP contribution in [0.1, 0.15) is 42.0 Å². The van der Waals surface area contributed by atoms with Gasteiger partial charge in [-0.05, 0) is 32.6 Å². The molecule has 8 nitrogen and oxygen atoms in total. The molecule has 0 saturated carbocycles. The van der Waals surface area contributed by atoms with Gasteiger partial charge < -0.3 is 14.5 Å². The van der Waals surface area contributed by atoms with Crippen molar-refractivity contribution in [2.45, 2.75) is 45.2 Å². The highest BCUT2D eigenvalue weighted by Crippen LogP contribution is 2.22. The topological polar surface area (TPSA) is 104 Å². The number of piperidine rings is 1. The Morgan fingerprint density at radius 2 is 2.17 bits per heavy atom. The Morgan fingerprint density at radius 3 is 2.88 bits per heavy atom. The number of hydrogen-bond donors (Lipinski definition) is 2. The van der Waals surface area contributed by atoms with Crippen LogP contribution in [0, 0.1) is 6.92 Å². The van der Waals surface area contributed by atoms with E-state index in [1.165, 1.54) is 0 Å². The molecule has 1 atom stereocenters. The molecule has 1 aliphatic heterocycles. The van der Waals surface area contributed by atoms with E-state index in [4.69, 9.17) is 0 Å². The molecule has 8 heteroatoms. The van der Waals surface area contributed by atoms with Crippen molar-refractivity contribution in [3.05, 3.63) is 50.8 Å². The van der Waals surface area contributed by atoms with Crippen molar-refractivity contribution in [2.75, 3.05) is 6.54 Å². The molecule has 24 heavy (non-hydrogen) atoms. The van der Waals surface area contributed by atoms with E-state index < -0.39 is 11.2 Å². The smallest absolute Gasteiger partial charge is 0.326 e. The Kier molecular flexibility index (Phi) is 4.64. The maximum atomic E-state index is 12.7. The van der Waals surface area contributed by atoms with Gasteiger partial charge in [0.1, 0.15) is 11.5 Å². The number of nitrogens with zero attached hydrogens (tertiary/aromatic N) is 3. The van der Waals surface area contributed by atoms with Crippen molar-refractivity contribution in [2.24, 2.45) is 0 Å². The van der Waals surface area contributed by atoms with Gasteiger partial charge in [-0.3, -0.25) is 14.6 Å². The number of H-pyrrole nitrogens is 2. The third-order valence-electron chi connectivity index (χ3n) is 4.51. The highest BCUT2D eigenvalue weighted by molar-refractivity contribution is 5.92. The van der Waals surface area contributed by atoms with E-state index >= 15 is 0 Å². The molecule has 1 aliphatic rings. The molecule has 2 aromatic heterocycles. The van der Waals surface area contributed by atoms with E-state index in [2.05, 4.69) is 19.5 Å². The van der Waals surface area contributed by atoms with Crippen LogP contribution in [0.2, 0.25) is 0 Å². The number of aromatic nitrogens is 4. The third-order valence-corrected chi connectivity index (χ3v) is 4.51. The average molecular weight is 331 g/mol. The summed E-state index contributed by atoms with van der Waals surface area (Å²) in [5, 5.41) is 0. The van der Waals surface area contributed by atoms with Gasteiger partial charge in [0, 0.05) is 37.6 Å². The summed E-state index contributed by atoms with van der Waals surface area (Å²) >= 11 is 0. The molecule has 1 saturated heterocycles. The molecule has 0 radical (unpaired) electrons. The Bertz CT molecular complexity index is 806. The number of likely N-dealkylation sites (tertiary alicyclic amines) is 1. The van der Waals surface area contributed by atoms with Crippen molar-refractivity contribution in [3.63, 3.8) is 0 Å². The fraction of sp³-hybridized carbons (Fsp3) is 0.500. The SMILES string of the molecule is Cc1nccn1CC[C@H]1CCCCN1C(=O)c1cc(=O)[nH]c(=O)[nH]1. The number of imidazole rings is 1. The molecule has 0 unspecified atom stereocenters. The van der Waals surface area contributed by atoms with Gasteiger partial charge in [-0.2, -0.15) is 0 Å². The normalized spacial score (nSPS) is 17.9. The van der Waals surface area contributed by atoms with Gasteiger partial charge in [-0.15, -0.1) is 0 Å². The van der Waals surface area contributed by atoms with Crippen molar-refractivity contribution < 1.29 is 4.79 Å². The van der Waals surface area contributed by atoms with E-state index in [1.54, 1.807) is 11.1 Å². The molecule has 0 bridgehead atoms. The number of amides is 1. The number of aryl methyl sites for hydroxylation is 2. The molecule has 0 aromatic carbocycles. The number of rotatable bonds is 4. The molecular weight excluding hydrogens is 310 g/mol. The number of hydrogen-bond acceptors (Lipinski definition) is 4. The first kappa shape index (κ1) is 16.2. The zero-order chi connectivity index (χ0) is 17.1. The summed E-state index contributed by atoms with van der Waals surface area (Å²) in [5.74, 6) is 0.660. The molecule has 2 N–H and O–H groups in total. The number of carbonyl (C=O) groups excluding carboxylic acids is 1. The summed E-state index contributed by atoms with van der Waals surface area (Å²) in [6, 6.07) is 1.24. The van der Waals surface area contributed by atoms with E-state index in [0.717, 1.165) is 44.1 Å². The summed E-state index contributed by atoms with van der Waals surface area (Å²) in [4.78, 5) is 46.1. The number of carbonyl (C=O) groups is 1. The first-order chi connectivity index (χ1) is 11.5. The summed E-state index contributed by atoms with van der Waals surface area (Å²) in [7, 11) is 0. The van der Waals surface area contributed by atoms with Crippen LogP contribution in [0.4, 0.5) is 0 Å². The van der Waals surface area contributed by atoms with Gasteiger partial charge in [0.25, 0.3) is 11.5 Å². The van der Waals surface area contributed by atoms with Crippen LogP contribution >= 0.6 is 0 Å². The molecule has 128 valence electrons. The van der Waals surface area contributed by atoms with Crippen molar-refractivity contribution in [1.82, 2.24) is 24.4 Å². The summed E-state index contributed by atoms with van der Waals surface area (Å²) in [5.41, 5.74) is -1.17. The third kappa shape index (κ3) is 3.47. The van der Waals surface area contributed by atoms with Gasteiger partial charge >= 0.3 is 5.69 Å². The average Bonchev–Trinajstić information content (AvgIpc) is 2.97. The second kappa shape index (κ2) is 6.86. The molecule has 2 aromatic rings. The first-order valence-corrected chi connectivity index (χ1v) is 8.17. The quantitative estimate of drug-likeness (QED) is 0.858. The molecule has 3 rings (SSSR count). The van der Waals surface area contributed by atoms with Crippen LogP contribution in [0.5, 0.6) is 0 Å². The van der Waals surface area contributed by atoms with Gasteiger partial charge in [-0.1, -0.05) is 0 Å². The van der Waals surface area contributed by atoms with Crippen LogP contribution in [0.25, 0.3) is 0 Å². The van der Waals surface area contributed by atoms with E-state index in [9.17, 15) is 14.4 Å². The fourth-order valence-corrected chi connectivity index (χ4v) is 3.23. The highest BCUT2D eigenvalue weighted by Gasteiger charge is 2.28. The molecule has 1 amide bonds. The largest absolute Gasteiger partial charge is 0.335 e. The van der Waals surface area contributed by atoms with E-state index in [0.29, 0.717) is 6.54 Å². The zero-order valence-electron chi connectivity index (χ0n) is 13.6. The van der Waals surface area contributed by atoms with E-state index in [-0.39, 0.29) is 17.6 Å². The Hall–Kier alpha value is -2.64. The lowest BCUT2D eigenvalue weighted by molar-refractivity contribution is 0.0588. The minimum Gasteiger partial charge on any atom is -0.335 e. The van der Waals surface area contributed by atoms with Crippen LogP contribution in [-0.4, -0.2) is 42.9 Å². The lowest BCUT2D eigenvalue weighted by atomic mass is 9.98. The minimum atomic E-state index is -0.659. The molecule has 0 aliphatic carbocycles. The van der Waals surface area contributed by atoms with Gasteiger partial charge in [0.15, 0.2) is 0 Å². The minimum absolute atomic E-state index is 0.0504. The first-order valence-electron chi connectivity index (χ1n) is 8.17. The summed E-state index contributed by atoms with van der Waals surface area (Å²) in [6.45, 7) is 3.37. The van der Waals surface area contributed by atoms with Crippen LogP contribution in [0.15, 0.2) is 28.0 Å². The van der Waals surface area contributed by atoms with Gasteiger partial charge in [-0.25, -0.2) is 9.78 Å². The van der Waals surface area contributed by atoms with Gasteiger partial charge in [0.2, 0.25) is 0 Å². The summed E-state index contributed by atoms with van der Waals surface area (Å²) < 4.78 is 2.06. The Labute approximate surface area is 138 Å². The maximum Gasteiger partial charge on any atom is 0.326 e. The summed E-state index contributed by atoms with van der Waals surface area (Å²) in [6.07, 6.45) is 7.44. The second-order valence-corrected chi connectivity index (χ2v) is 6.11. The van der Waals surface area contributed by atoms with Crippen molar-refractivity contribution >= 4 is 5.91 Å². The van der Waals surface area contributed by atoms with Gasteiger partial charge in [0.05, 0.1) is 0 Å². The monoisotopic (exact) mass is 331 g/mol. The van der Waals surface area contributed by atoms with E-state index in [1.807, 2.05) is 13.1 Å². The standard InChI is InChI=1S/C16H21N5O3/c1-11-17-6-9-20(11)8-5-12-4-2-3-7-21(12)15(23)13-10-14(22)19-16(24)18-13/h6,9-10,12H,2-5,7-8H2,1H3,(H2,18,19,22,24)/t12-/m1/s1. The van der Waals surface area contributed by atoms with Crippen molar-refractivity contribution in [1.29, 1.82) is 0 Å². The molecule has 3 heterocycles. The molecule has 1 fully saturated rings. The van der Waals surface area contributed by atoms with Crippen LogP contribution < -0.4 is 11.2 Å². The van der Waals surface area contributed by atoms with Crippen LogP contribution in [-0.2, 0) is 6.54 Å². The lowest BCUT2D eigenvalue weighted by Gasteiger charge is -2.36. The molecular formula is C16H21N5O3. The Morgan fingerprint density at radius 1 is 1.33 bits per heavy atom. The second-order valence-electron chi connectivity index (χ2n) is 6.11. The lowest BCUT2D eigenvalue weighted by Crippen LogP contribution is -2.45. The van der Waals surface area contributed by atoms with Crippen LogP contribution in [0.3, 0.4) is 0 Å². The number of aromatic amines is 2.